The third kappa shape index (κ3) is 2.56. The van der Waals surface area contributed by atoms with Crippen LogP contribution in [0, 0.1) is 13.8 Å². The number of aromatic nitrogens is 2. The van der Waals surface area contributed by atoms with Gasteiger partial charge in [0.25, 0.3) is 5.91 Å². The third-order valence-electron chi connectivity index (χ3n) is 2.73. The van der Waals surface area contributed by atoms with E-state index in [1.54, 1.807) is 16.9 Å². The summed E-state index contributed by atoms with van der Waals surface area (Å²) in [5.41, 5.74) is 3.08. The molecule has 0 fully saturated rings. The summed E-state index contributed by atoms with van der Waals surface area (Å²) in [6.07, 6.45) is 1.78. The Hall–Kier alpha value is -1.75. The van der Waals surface area contributed by atoms with Gasteiger partial charge in [0.15, 0.2) is 0 Å². The maximum Gasteiger partial charge on any atom is 0.256 e. The summed E-state index contributed by atoms with van der Waals surface area (Å²) >= 11 is 4.25. The average Bonchev–Trinajstić information content (AvgIpc) is 2.61. The highest BCUT2D eigenvalue weighted by Crippen LogP contribution is 2.17. The van der Waals surface area contributed by atoms with E-state index in [0.29, 0.717) is 5.56 Å². The van der Waals surface area contributed by atoms with Crippen LogP contribution in [-0.2, 0) is 7.05 Å². The number of amides is 1. The van der Waals surface area contributed by atoms with Crippen LogP contribution in [-0.4, -0.2) is 15.7 Å². The van der Waals surface area contributed by atoms with Crippen molar-refractivity contribution >= 4 is 24.2 Å². The van der Waals surface area contributed by atoms with Gasteiger partial charge < -0.3 is 5.32 Å². The molecule has 1 aromatic heterocycles. The van der Waals surface area contributed by atoms with E-state index < -0.39 is 0 Å². The highest BCUT2D eigenvalue weighted by Gasteiger charge is 2.12. The fraction of sp³-hybridized carbons (Fsp3) is 0.231. The molecule has 0 aliphatic heterocycles. The summed E-state index contributed by atoms with van der Waals surface area (Å²) in [7, 11) is 1.82. The molecule has 1 amide bonds. The van der Waals surface area contributed by atoms with E-state index in [2.05, 4.69) is 23.0 Å². The Labute approximate surface area is 111 Å². The predicted molar refractivity (Wildman–Crippen MR) is 74.3 cm³/mol. The number of anilines is 1. The number of thiol groups is 1. The van der Waals surface area contributed by atoms with E-state index in [-0.39, 0.29) is 5.91 Å². The van der Waals surface area contributed by atoms with Crippen molar-refractivity contribution in [2.45, 2.75) is 18.7 Å². The lowest BCUT2D eigenvalue weighted by Crippen LogP contribution is -2.13. The van der Waals surface area contributed by atoms with Gasteiger partial charge in [-0.2, -0.15) is 5.10 Å². The van der Waals surface area contributed by atoms with Crippen LogP contribution in [0.25, 0.3) is 0 Å². The van der Waals surface area contributed by atoms with Crippen LogP contribution < -0.4 is 5.32 Å². The van der Waals surface area contributed by atoms with Gasteiger partial charge in [-0.15, -0.1) is 12.6 Å². The fourth-order valence-electron chi connectivity index (χ4n) is 1.77. The van der Waals surface area contributed by atoms with Gasteiger partial charge in [0.1, 0.15) is 0 Å². The Morgan fingerprint density at radius 1 is 1.39 bits per heavy atom. The molecular weight excluding hydrogens is 246 g/mol. The zero-order valence-electron chi connectivity index (χ0n) is 10.6. The summed E-state index contributed by atoms with van der Waals surface area (Å²) in [6.45, 7) is 3.76. The SMILES string of the molecule is Cc1ccc(S)cc1C(=O)Nc1cn(C)nc1C. The number of rotatable bonds is 2. The van der Waals surface area contributed by atoms with Crippen LogP contribution in [0.1, 0.15) is 21.6 Å². The highest BCUT2D eigenvalue weighted by atomic mass is 32.1. The maximum absolute atomic E-state index is 12.2. The maximum atomic E-state index is 12.2. The van der Waals surface area contributed by atoms with E-state index in [0.717, 1.165) is 21.8 Å². The first-order chi connectivity index (χ1) is 8.47. The molecule has 18 heavy (non-hydrogen) atoms. The normalized spacial score (nSPS) is 10.4. The predicted octanol–water partition coefficient (Wildman–Crippen LogP) is 2.58. The van der Waals surface area contributed by atoms with Crippen LogP contribution >= 0.6 is 12.6 Å². The molecule has 0 unspecified atom stereocenters. The van der Waals surface area contributed by atoms with E-state index in [1.807, 2.05) is 33.0 Å². The van der Waals surface area contributed by atoms with Crippen LogP contribution in [0.15, 0.2) is 29.3 Å². The smallest absolute Gasteiger partial charge is 0.256 e. The molecule has 2 rings (SSSR count). The second kappa shape index (κ2) is 4.86. The lowest BCUT2D eigenvalue weighted by atomic mass is 10.1. The minimum atomic E-state index is -0.139. The second-order valence-electron chi connectivity index (χ2n) is 4.26. The van der Waals surface area contributed by atoms with Gasteiger partial charge in [-0.1, -0.05) is 6.07 Å². The number of hydrogen-bond donors (Lipinski definition) is 2. The van der Waals surface area contributed by atoms with Gasteiger partial charge in [-0.3, -0.25) is 9.48 Å². The number of carbonyl (C=O) groups excluding carboxylic acids is 1. The first-order valence-corrected chi connectivity index (χ1v) is 6.03. The molecule has 0 saturated carbocycles. The Morgan fingerprint density at radius 3 is 2.72 bits per heavy atom. The molecule has 1 heterocycles. The van der Waals surface area contributed by atoms with E-state index >= 15 is 0 Å². The van der Waals surface area contributed by atoms with E-state index in [1.165, 1.54) is 0 Å². The molecule has 0 aliphatic rings. The van der Waals surface area contributed by atoms with Crippen molar-refractivity contribution in [3.63, 3.8) is 0 Å². The van der Waals surface area contributed by atoms with Crippen molar-refractivity contribution in [2.24, 2.45) is 7.05 Å². The van der Waals surface area contributed by atoms with Gasteiger partial charge in [0.2, 0.25) is 0 Å². The summed E-state index contributed by atoms with van der Waals surface area (Å²) in [4.78, 5) is 12.9. The van der Waals surface area contributed by atoms with Gasteiger partial charge in [-0.25, -0.2) is 0 Å². The first kappa shape index (κ1) is 12.7. The highest BCUT2D eigenvalue weighted by molar-refractivity contribution is 7.80. The lowest BCUT2D eigenvalue weighted by molar-refractivity contribution is 0.102. The molecule has 1 aromatic carbocycles. The molecule has 0 saturated heterocycles. The van der Waals surface area contributed by atoms with Gasteiger partial charge in [-0.05, 0) is 31.5 Å². The van der Waals surface area contributed by atoms with Crippen LogP contribution in [0.3, 0.4) is 0 Å². The number of aryl methyl sites for hydroxylation is 3. The van der Waals surface area contributed by atoms with Crippen LogP contribution in [0.2, 0.25) is 0 Å². The van der Waals surface area contributed by atoms with E-state index in [4.69, 9.17) is 0 Å². The number of nitrogens with one attached hydrogen (secondary N) is 1. The standard InChI is InChI=1S/C13H15N3OS/c1-8-4-5-10(18)6-11(8)13(17)14-12-7-16(3)15-9(12)2/h4-7,18H,1-3H3,(H,14,17). The number of carbonyl (C=O) groups is 1. The molecule has 0 atom stereocenters. The first-order valence-electron chi connectivity index (χ1n) is 5.58. The molecule has 2 aromatic rings. The van der Waals surface area contributed by atoms with Crippen molar-refractivity contribution in [3.8, 4) is 0 Å². The van der Waals surface area contributed by atoms with Crippen molar-refractivity contribution in [2.75, 3.05) is 5.32 Å². The summed E-state index contributed by atoms with van der Waals surface area (Å²) in [5.74, 6) is -0.139. The third-order valence-corrected chi connectivity index (χ3v) is 3.01. The van der Waals surface area contributed by atoms with Gasteiger partial charge in [0.05, 0.1) is 11.4 Å². The minimum Gasteiger partial charge on any atom is -0.319 e. The number of hydrogen-bond acceptors (Lipinski definition) is 3. The topological polar surface area (TPSA) is 46.9 Å². The van der Waals surface area contributed by atoms with Crippen LogP contribution in [0.5, 0.6) is 0 Å². The Bertz CT molecular complexity index is 604. The van der Waals surface area contributed by atoms with Crippen molar-refractivity contribution in [1.82, 2.24) is 9.78 Å². The average molecular weight is 261 g/mol. The molecule has 1 N–H and O–H groups in total. The fourth-order valence-corrected chi connectivity index (χ4v) is 1.97. The van der Waals surface area contributed by atoms with Gasteiger partial charge >= 0.3 is 0 Å². The molecule has 0 bridgehead atoms. The monoisotopic (exact) mass is 261 g/mol. The summed E-state index contributed by atoms with van der Waals surface area (Å²) in [6, 6.07) is 5.51. The summed E-state index contributed by atoms with van der Waals surface area (Å²) in [5, 5.41) is 7.04. The molecular formula is C13H15N3OS. The zero-order chi connectivity index (χ0) is 13.3. The summed E-state index contributed by atoms with van der Waals surface area (Å²) < 4.78 is 1.67. The minimum absolute atomic E-state index is 0.139. The molecule has 0 radical (unpaired) electrons. The Morgan fingerprint density at radius 2 is 2.11 bits per heavy atom. The Balaban J connectivity index is 2.27. The zero-order valence-corrected chi connectivity index (χ0v) is 11.5. The lowest BCUT2D eigenvalue weighted by Gasteiger charge is -2.07. The molecule has 4 nitrogen and oxygen atoms in total. The second-order valence-corrected chi connectivity index (χ2v) is 4.77. The number of nitrogens with zero attached hydrogens (tertiary/aromatic N) is 2. The molecule has 0 spiro atoms. The molecule has 5 heteroatoms. The number of benzene rings is 1. The van der Waals surface area contributed by atoms with Crippen molar-refractivity contribution in [1.29, 1.82) is 0 Å². The quantitative estimate of drug-likeness (QED) is 0.816. The van der Waals surface area contributed by atoms with E-state index in [9.17, 15) is 4.79 Å². The largest absolute Gasteiger partial charge is 0.319 e. The van der Waals surface area contributed by atoms with Gasteiger partial charge in [0, 0.05) is 23.7 Å². The molecule has 0 aliphatic carbocycles. The van der Waals surface area contributed by atoms with Crippen molar-refractivity contribution in [3.05, 3.63) is 41.2 Å². The molecule has 94 valence electrons. The Kier molecular flexibility index (Phi) is 3.43. The van der Waals surface area contributed by atoms with Crippen molar-refractivity contribution < 1.29 is 4.79 Å². The van der Waals surface area contributed by atoms with Crippen LogP contribution in [0.4, 0.5) is 5.69 Å².